The van der Waals surface area contributed by atoms with Crippen LogP contribution in [0.15, 0.2) is 28.4 Å². The van der Waals surface area contributed by atoms with Crippen LogP contribution in [0.4, 0.5) is 0 Å². The molecule has 3 N–H and O–H groups in total. The van der Waals surface area contributed by atoms with Crippen molar-refractivity contribution in [1.29, 1.82) is 0 Å². The number of aryl methyl sites for hydroxylation is 1. The molecule has 3 atom stereocenters. The summed E-state index contributed by atoms with van der Waals surface area (Å²) >= 11 is 0. The predicted molar refractivity (Wildman–Crippen MR) is 71.4 cm³/mol. The van der Waals surface area contributed by atoms with Crippen LogP contribution in [0.1, 0.15) is 24.6 Å². The van der Waals surface area contributed by atoms with Crippen LogP contribution in [0.25, 0.3) is 0 Å². The maximum Gasteiger partial charge on any atom is 0.330 e. The minimum atomic E-state index is -1.27. The molecule has 0 radical (unpaired) electrons. The summed E-state index contributed by atoms with van der Waals surface area (Å²) < 4.78 is 6.76. The summed E-state index contributed by atoms with van der Waals surface area (Å²) in [5, 5.41) is 19.8. The number of rotatable bonds is 4. The van der Waals surface area contributed by atoms with E-state index in [1.807, 2.05) is 0 Å². The largest absolute Gasteiger partial charge is 0.394 e. The van der Waals surface area contributed by atoms with Crippen molar-refractivity contribution < 1.29 is 14.9 Å². The van der Waals surface area contributed by atoms with Crippen LogP contribution in [0.2, 0.25) is 0 Å². The van der Waals surface area contributed by atoms with Gasteiger partial charge in [0.15, 0.2) is 0 Å². The Hall–Kier alpha value is -1.70. The van der Waals surface area contributed by atoms with Crippen LogP contribution in [0, 0.1) is 6.92 Å². The summed E-state index contributed by atoms with van der Waals surface area (Å²) in [5.41, 5.74) is -1.97. The Balaban J connectivity index is 2.37. The fraction of sp³-hybridized carbons (Fsp3) is 0.538. The molecule has 1 saturated heterocycles. The highest BCUT2D eigenvalue weighted by Gasteiger charge is 2.47. The molecule has 2 heterocycles. The Morgan fingerprint density at radius 2 is 2.35 bits per heavy atom. The number of hydrogen-bond acceptors (Lipinski definition) is 5. The van der Waals surface area contributed by atoms with E-state index in [-0.39, 0.29) is 19.4 Å². The van der Waals surface area contributed by atoms with Gasteiger partial charge < -0.3 is 14.9 Å². The van der Waals surface area contributed by atoms with Crippen LogP contribution < -0.4 is 11.2 Å². The van der Waals surface area contributed by atoms with Crippen molar-refractivity contribution in [1.82, 2.24) is 9.55 Å². The van der Waals surface area contributed by atoms with Crippen molar-refractivity contribution in [2.45, 2.75) is 37.7 Å². The Morgan fingerprint density at radius 3 is 2.95 bits per heavy atom. The lowest BCUT2D eigenvalue weighted by molar-refractivity contribution is -0.0812. The number of nitrogens with zero attached hydrogens (tertiary/aromatic N) is 1. The Kier molecular flexibility index (Phi) is 3.94. The van der Waals surface area contributed by atoms with Crippen molar-refractivity contribution >= 4 is 0 Å². The SMILES string of the molecule is C=CC[C@@]1(O)C[C@@H](n2cc(C)c(=O)[nH]c2=O)O[C@@H]1CO. The number of ether oxygens (including phenoxy) is 1. The molecule has 1 aromatic heterocycles. The van der Waals surface area contributed by atoms with Crippen LogP contribution >= 0.6 is 0 Å². The Bertz CT molecular complexity index is 620. The lowest BCUT2D eigenvalue weighted by Gasteiger charge is -2.25. The zero-order valence-corrected chi connectivity index (χ0v) is 11.2. The fourth-order valence-corrected chi connectivity index (χ4v) is 2.44. The summed E-state index contributed by atoms with van der Waals surface area (Å²) in [6.07, 6.45) is 1.77. The van der Waals surface area contributed by atoms with Crippen LogP contribution in [0.3, 0.4) is 0 Å². The number of aliphatic hydroxyl groups is 2. The normalized spacial score (nSPS) is 29.6. The second-order valence-corrected chi connectivity index (χ2v) is 5.04. The van der Waals surface area contributed by atoms with Gasteiger partial charge >= 0.3 is 5.69 Å². The van der Waals surface area contributed by atoms with E-state index in [1.54, 1.807) is 6.92 Å². The number of nitrogens with one attached hydrogen (secondary N) is 1. The van der Waals surface area contributed by atoms with E-state index in [0.29, 0.717) is 5.56 Å². The highest BCUT2D eigenvalue weighted by Crippen LogP contribution is 2.38. The average molecular weight is 282 g/mol. The highest BCUT2D eigenvalue weighted by molar-refractivity contribution is 5.04. The van der Waals surface area contributed by atoms with Gasteiger partial charge in [-0.2, -0.15) is 0 Å². The van der Waals surface area contributed by atoms with Crippen LogP contribution in [-0.4, -0.2) is 38.1 Å². The molecule has 20 heavy (non-hydrogen) atoms. The van der Waals surface area contributed by atoms with Crippen LogP contribution in [0.5, 0.6) is 0 Å². The Morgan fingerprint density at radius 1 is 1.65 bits per heavy atom. The molecule has 1 fully saturated rings. The van der Waals surface area contributed by atoms with E-state index < -0.39 is 29.2 Å². The number of aliphatic hydroxyl groups excluding tert-OH is 1. The summed E-state index contributed by atoms with van der Waals surface area (Å²) in [5.74, 6) is 0. The first-order valence-corrected chi connectivity index (χ1v) is 6.33. The van der Waals surface area contributed by atoms with E-state index >= 15 is 0 Å². The van der Waals surface area contributed by atoms with Crippen LogP contribution in [-0.2, 0) is 4.74 Å². The third kappa shape index (κ3) is 2.47. The second-order valence-electron chi connectivity index (χ2n) is 5.04. The second kappa shape index (κ2) is 5.35. The number of hydrogen-bond donors (Lipinski definition) is 3. The molecule has 1 aliphatic rings. The van der Waals surface area contributed by atoms with Crippen molar-refractivity contribution in [3.8, 4) is 0 Å². The van der Waals surface area contributed by atoms with E-state index in [2.05, 4.69) is 11.6 Å². The molecule has 0 aromatic carbocycles. The first-order chi connectivity index (χ1) is 9.41. The molecular formula is C13H18N2O5. The lowest BCUT2D eigenvalue weighted by atomic mass is 9.91. The third-order valence-electron chi connectivity index (χ3n) is 3.57. The molecule has 2 rings (SSSR count). The van der Waals surface area contributed by atoms with Gasteiger partial charge in [-0.25, -0.2) is 4.79 Å². The maximum absolute atomic E-state index is 11.8. The molecule has 0 aliphatic carbocycles. The molecule has 1 aromatic rings. The summed E-state index contributed by atoms with van der Waals surface area (Å²) in [6.45, 7) is 4.78. The Labute approximate surface area is 115 Å². The van der Waals surface area contributed by atoms with Gasteiger partial charge in [0.05, 0.1) is 6.61 Å². The van der Waals surface area contributed by atoms with Crippen molar-refractivity contribution in [2.75, 3.05) is 6.61 Å². The summed E-state index contributed by atoms with van der Waals surface area (Å²) in [7, 11) is 0. The highest BCUT2D eigenvalue weighted by atomic mass is 16.5. The number of aromatic amines is 1. The molecule has 0 bridgehead atoms. The zero-order chi connectivity index (χ0) is 14.9. The molecular weight excluding hydrogens is 264 g/mol. The topological polar surface area (TPSA) is 105 Å². The van der Waals surface area contributed by atoms with Gasteiger partial charge in [0, 0.05) is 18.2 Å². The van der Waals surface area contributed by atoms with E-state index in [0.717, 1.165) is 0 Å². The quantitative estimate of drug-likeness (QED) is 0.642. The molecule has 0 amide bonds. The van der Waals surface area contributed by atoms with Gasteiger partial charge in [-0.3, -0.25) is 14.3 Å². The van der Waals surface area contributed by atoms with Gasteiger partial charge in [-0.05, 0) is 13.3 Å². The molecule has 0 spiro atoms. The van der Waals surface area contributed by atoms with E-state index in [4.69, 9.17) is 4.74 Å². The zero-order valence-electron chi connectivity index (χ0n) is 11.2. The average Bonchev–Trinajstić information content (AvgIpc) is 2.71. The fourth-order valence-electron chi connectivity index (χ4n) is 2.44. The summed E-state index contributed by atoms with van der Waals surface area (Å²) in [6, 6.07) is 0. The monoisotopic (exact) mass is 282 g/mol. The summed E-state index contributed by atoms with van der Waals surface area (Å²) in [4.78, 5) is 25.3. The molecule has 110 valence electrons. The molecule has 1 aliphatic heterocycles. The lowest BCUT2D eigenvalue weighted by Crippen LogP contribution is -2.39. The first kappa shape index (κ1) is 14.7. The maximum atomic E-state index is 11.8. The number of aromatic nitrogens is 2. The minimum absolute atomic E-state index is 0.135. The van der Waals surface area contributed by atoms with Crippen molar-refractivity contribution in [2.24, 2.45) is 0 Å². The van der Waals surface area contributed by atoms with E-state index in [1.165, 1.54) is 16.8 Å². The minimum Gasteiger partial charge on any atom is -0.394 e. The van der Waals surface area contributed by atoms with Gasteiger partial charge in [-0.15, -0.1) is 6.58 Å². The van der Waals surface area contributed by atoms with Crippen molar-refractivity contribution in [3.05, 3.63) is 45.3 Å². The number of H-pyrrole nitrogens is 1. The standard InChI is InChI=1S/C13H18N2O5/c1-3-4-13(19)5-10(20-9(13)7-16)15-6-8(2)11(17)14-12(15)18/h3,6,9-10,16,19H,1,4-5,7H2,2H3,(H,14,17,18)/t9-,10+,13-/m1/s1. The van der Waals surface area contributed by atoms with Crippen molar-refractivity contribution in [3.63, 3.8) is 0 Å². The molecule has 7 nitrogen and oxygen atoms in total. The smallest absolute Gasteiger partial charge is 0.330 e. The van der Waals surface area contributed by atoms with Gasteiger partial charge in [0.1, 0.15) is 17.9 Å². The predicted octanol–water partition coefficient (Wildman–Crippen LogP) is -0.568. The third-order valence-corrected chi connectivity index (χ3v) is 3.57. The van der Waals surface area contributed by atoms with Gasteiger partial charge in [-0.1, -0.05) is 6.08 Å². The van der Waals surface area contributed by atoms with Gasteiger partial charge in [0.2, 0.25) is 0 Å². The molecule has 0 unspecified atom stereocenters. The van der Waals surface area contributed by atoms with Gasteiger partial charge in [0.25, 0.3) is 5.56 Å². The van der Waals surface area contributed by atoms with E-state index in [9.17, 15) is 19.8 Å². The molecule has 0 saturated carbocycles. The molecule has 7 heteroatoms. The first-order valence-electron chi connectivity index (χ1n) is 6.33.